The molecule has 0 spiro atoms. The second kappa shape index (κ2) is 7.25. The highest BCUT2D eigenvalue weighted by atomic mass is 32.1. The lowest BCUT2D eigenvalue weighted by Gasteiger charge is -2.30. The van der Waals surface area contributed by atoms with Crippen molar-refractivity contribution >= 4 is 23.1 Å². The summed E-state index contributed by atoms with van der Waals surface area (Å²) in [5.41, 5.74) is 3.80. The first-order valence-corrected chi connectivity index (χ1v) is 9.53. The molecule has 0 bridgehead atoms. The van der Waals surface area contributed by atoms with E-state index >= 15 is 0 Å². The molecule has 0 radical (unpaired) electrons. The van der Waals surface area contributed by atoms with E-state index in [4.69, 9.17) is 10.2 Å². The standard InChI is InChI=1S/C21H16N4O2S/c1-12-18(19(25-21(27)23-12)15-3-2-4-16(26)9-15)20-24-17(11-28-20)14-7-5-13(10-22)6-8-14/h2-9,11,18-19,26H,1H3,(H,25,27). The fraction of sp³-hybridized carbons (Fsp3) is 0.143. The van der Waals surface area contributed by atoms with Crippen LogP contribution in [0.3, 0.4) is 0 Å². The summed E-state index contributed by atoms with van der Waals surface area (Å²) < 4.78 is 0. The minimum atomic E-state index is -0.397. The van der Waals surface area contributed by atoms with Crippen LogP contribution in [0.25, 0.3) is 11.3 Å². The number of aliphatic imine (C=N–C) groups is 1. The van der Waals surface area contributed by atoms with Gasteiger partial charge in [-0.05, 0) is 36.8 Å². The number of thiazole rings is 1. The first-order valence-electron chi connectivity index (χ1n) is 8.66. The number of carbonyl (C=O) groups is 1. The van der Waals surface area contributed by atoms with Gasteiger partial charge in [-0.15, -0.1) is 11.3 Å². The summed E-state index contributed by atoms with van der Waals surface area (Å²) >= 11 is 1.50. The van der Waals surface area contributed by atoms with Crippen LogP contribution in [0.2, 0.25) is 0 Å². The number of aromatic nitrogens is 1. The Morgan fingerprint density at radius 3 is 2.71 bits per heavy atom. The van der Waals surface area contributed by atoms with Crippen LogP contribution in [-0.2, 0) is 0 Å². The van der Waals surface area contributed by atoms with Gasteiger partial charge in [-0.3, -0.25) is 0 Å². The van der Waals surface area contributed by atoms with Crippen LogP contribution < -0.4 is 5.32 Å². The summed E-state index contributed by atoms with van der Waals surface area (Å²) in [6.45, 7) is 1.82. The van der Waals surface area contributed by atoms with Crippen molar-refractivity contribution in [1.82, 2.24) is 10.3 Å². The molecule has 7 heteroatoms. The smallest absolute Gasteiger partial charge is 0.341 e. The van der Waals surface area contributed by atoms with Crippen LogP contribution in [-0.4, -0.2) is 21.8 Å². The highest BCUT2D eigenvalue weighted by Crippen LogP contribution is 2.38. The number of amides is 2. The van der Waals surface area contributed by atoms with E-state index in [1.165, 1.54) is 11.3 Å². The van der Waals surface area contributed by atoms with Crippen LogP contribution in [0.1, 0.15) is 35.0 Å². The molecule has 0 fully saturated rings. The number of carbonyl (C=O) groups excluding carboxylic acids is 1. The predicted octanol–water partition coefficient (Wildman–Crippen LogP) is 4.40. The number of hydrogen-bond acceptors (Lipinski definition) is 5. The van der Waals surface area contributed by atoms with Crippen LogP contribution in [0, 0.1) is 11.3 Å². The van der Waals surface area contributed by atoms with E-state index < -0.39 is 6.03 Å². The first-order chi connectivity index (χ1) is 13.5. The van der Waals surface area contributed by atoms with E-state index in [2.05, 4.69) is 16.4 Å². The van der Waals surface area contributed by atoms with Crippen molar-refractivity contribution in [3.05, 3.63) is 70.0 Å². The Morgan fingerprint density at radius 1 is 1.21 bits per heavy atom. The normalized spacial score (nSPS) is 18.9. The van der Waals surface area contributed by atoms with Gasteiger partial charge in [0, 0.05) is 16.7 Å². The number of nitrogens with one attached hydrogen (secondary N) is 1. The van der Waals surface area contributed by atoms with E-state index in [0.29, 0.717) is 11.3 Å². The number of phenols is 1. The molecule has 1 aliphatic rings. The minimum Gasteiger partial charge on any atom is -0.508 e. The Balaban J connectivity index is 1.72. The van der Waals surface area contributed by atoms with Gasteiger partial charge in [0.2, 0.25) is 0 Å². The summed E-state index contributed by atoms with van der Waals surface area (Å²) in [6, 6.07) is 15.5. The fourth-order valence-electron chi connectivity index (χ4n) is 3.31. The zero-order chi connectivity index (χ0) is 19.7. The highest BCUT2D eigenvalue weighted by molar-refractivity contribution is 7.10. The molecule has 0 aliphatic carbocycles. The molecule has 28 heavy (non-hydrogen) atoms. The van der Waals surface area contributed by atoms with Gasteiger partial charge in [-0.2, -0.15) is 5.26 Å². The maximum absolute atomic E-state index is 12.0. The molecule has 0 saturated carbocycles. The molecule has 1 aromatic heterocycles. The Morgan fingerprint density at radius 2 is 2.00 bits per heavy atom. The molecular weight excluding hydrogens is 372 g/mol. The Hall–Kier alpha value is -3.50. The summed E-state index contributed by atoms with van der Waals surface area (Å²) in [5, 5.41) is 24.5. The lowest BCUT2D eigenvalue weighted by molar-refractivity contribution is 0.243. The molecule has 2 atom stereocenters. The summed E-state index contributed by atoms with van der Waals surface area (Å²) in [7, 11) is 0. The molecule has 3 aromatic rings. The molecule has 4 rings (SSSR count). The van der Waals surface area contributed by atoms with Crippen molar-refractivity contribution in [2.45, 2.75) is 18.9 Å². The van der Waals surface area contributed by atoms with Crippen molar-refractivity contribution in [3.8, 4) is 23.1 Å². The summed E-state index contributed by atoms with van der Waals surface area (Å²) in [5.74, 6) is -0.0836. The average molecular weight is 388 g/mol. The largest absolute Gasteiger partial charge is 0.508 e. The molecule has 2 N–H and O–H groups in total. The molecular formula is C21H16N4O2S. The van der Waals surface area contributed by atoms with E-state index in [-0.39, 0.29) is 17.7 Å². The molecule has 138 valence electrons. The van der Waals surface area contributed by atoms with Gasteiger partial charge >= 0.3 is 6.03 Å². The maximum Gasteiger partial charge on any atom is 0.341 e. The first kappa shape index (κ1) is 17.9. The van der Waals surface area contributed by atoms with Gasteiger partial charge in [0.05, 0.1) is 29.3 Å². The predicted molar refractivity (Wildman–Crippen MR) is 107 cm³/mol. The van der Waals surface area contributed by atoms with E-state index in [0.717, 1.165) is 21.8 Å². The van der Waals surface area contributed by atoms with E-state index in [9.17, 15) is 9.90 Å². The van der Waals surface area contributed by atoms with Crippen molar-refractivity contribution < 1.29 is 9.90 Å². The molecule has 6 nitrogen and oxygen atoms in total. The number of rotatable bonds is 3. The van der Waals surface area contributed by atoms with Gasteiger partial charge in [0.15, 0.2) is 0 Å². The van der Waals surface area contributed by atoms with Crippen molar-refractivity contribution in [1.29, 1.82) is 5.26 Å². The van der Waals surface area contributed by atoms with Gasteiger partial charge < -0.3 is 10.4 Å². The van der Waals surface area contributed by atoms with E-state index in [1.807, 2.05) is 30.5 Å². The number of nitrogens with zero attached hydrogens (tertiary/aromatic N) is 3. The SMILES string of the molecule is CC1=NC(=O)NC(c2cccc(O)c2)C1c1nc(-c2ccc(C#N)cc2)cs1. The number of nitriles is 1. The number of urea groups is 1. The number of aromatic hydroxyl groups is 1. The Labute approximate surface area is 165 Å². The third-order valence-corrected chi connectivity index (χ3v) is 5.60. The second-order valence-corrected chi connectivity index (χ2v) is 7.40. The highest BCUT2D eigenvalue weighted by Gasteiger charge is 2.35. The Kier molecular flexibility index (Phi) is 4.63. The minimum absolute atomic E-state index is 0.142. The fourth-order valence-corrected chi connectivity index (χ4v) is 4.34. The molecule has 1 aliphatic heterocycles. The molecule has 2 heterocycles. The molecule has 2 aromatic carbocycles. The molecule has 0 saturated heterocycles. The summed E-state index contributed by atoms with van der Waals surface area (Å²) in [4.78, 5) is 20.9. The van der Waals surface area contributed by atoms with Crippen molar-refractivity contribution in [3.63, 3.8) is 0 Å². The number of benzene rings is 2. The number of phenolic OH excluding ortho intramolecular Hbond substituents is 1. The van der Waals surface area contributed by atoms with Crippen molar-refractivity contribution in [2.75, 3.05) is 0 Å². The second-order valence-electron chi connectivity index (χ2n) is 6.51. The van der Waals surface area contributed by atoms with Crippen molar-refractivity contribution in [2.24, 2.45) is 4.99 Å². The zero-order valence-electron chi connectivity index (χ0n) is 15.0. The van der Waals surface area contributed by atoms with Crippen LogP contribution >= 0.6 is 11.3 Å². The maximum atomic E-state index is 12.0. The van der Waals surface area contributed by atoms with Gasteiger partial charge in [-0.25, -0.2) is 14.8 Å². The topological polar surface area (TPSA) is 98.4 Å². The van der Waals surface area contributed by atoms with Crippen LogP contribution in [0.15, 0.2) is 58.9 Å². The van der Waals surface area contributed by atoms with Crippen LogP contribution in [0.4, 0.5) is 4.79 Å². The lowest BCUT2D eigenvalue weighted by atomic mass is 9.88. The van der Waals surface area contributed by atoms with Gasteiger partial charge in [0.25, 0.3) is 0 Å². The molecule has 2 amide bonds. The Bertz CT molecular complexity index is 1110. The third kappa shape index (κ3) is 3.38. The van der Waals surface area contributed by atoms with E-state index in [1.54, 1.807) is 30.3 Å². The average Bonchev–Trinajstić information content (AvgIpc) is 3.17. The summed E-state index contributed by atoms with van der Waals surface area (Å²) in [6.07, 6.45) is 0. The van der Waals surface area contributed by atoms with Gasteiger partial charge in [-0.1, -0.05) is 24.3 Å². The zero-order valence-corrected chi connectivity index (χ0v) is 15.8. The monoisotopic (exact) mass is 388 g/mol. The van der Waals surface area contributed by atoms with Gasteiger partial charge in [0.1, 0.15) is 10.8 Å². The van der Waals surface area contributed by atoms with Crippen LogP contribution in [0.5, 0.6) is 5.75 Å². The molecule has 2 unspecified atom stereocenters. The lowest BCUT2D eigenvalue weighted by Crippen LogP contribution is -2.38. The third-order valence-electron chi connectivity index (χ3n) is 4.67. The number of hydrogen-bond donors (Lipinski definition) is 2. The quantitative estimate of drug-likeness (QED) is 0.695.